The van der Waals surface area contributed by atoms with Crippen LogP contribution in [0.2, 0.25) is 0 Å². The lowest BCUT2D eigenvalue weighted by atomic mass is 9.93. The van der Waals surface area contributed by atoms with Crippen molar-refractivity contribution >= 4 is 0 Å². The summed E-state index contributed by atoms with van der Waals surface area (Å²) in [7, 11) is 0. The van der Waals surface area contributed by atoms with Crippen LogP contribution in [-0.4, -0.2) is 11.2 Å². The molecule has 1 aromatic rings. The third-order valence-electron chi connectivity index (χ3n) is 3.09. The molecule has 1 nitrogen and oxygen atoms in total. The predicted molar refractivity (Wildman–Crippen MR) is 69.6 cm³/mol. The summed E-state index contributed by atoms with van der Waals surface area (Å²) >= 11 is 0. The van der Waals surface area contributed by atoms with Crippen LogP contribution in [0.15, 0.2) is 36.4 Å². The molecular formula is C15H22O. The van der Waals surface area contributed by atoms with Crippen molar-refractivity contribution in [3.8, 4) is 0 Å². The summed E-state index contributed by atoms with van der Waals surface area (Å²) in [5.74, 6) is 0.495. The van der Waals surface area contributed by atoms with Gasteiger partial charge < -0.3 is 5.11 Å². The Kier molecular flexibility index (Phi) is 4.75. The molecule has 0 radical (unpaired) electrons. The van der Waals surface area contributed by atoms with E-state index in [0.717, 1.165) is 18.4 Å². The maximum Gasteiger partial charge on any atom is 0.0745 e. The van der Waals surface area contributed by atoms with E-state index in [4.69, 9.17) is 0 Å². The quantitative estimate of drug-likeness (QED) is 0.745. The molecule has 88 valence electrons. The molecule has 0 heterocycles. The van der Waals surface area contributed by atoms with Crippen LogP contribution in [-0.2, 0) is 0 Å². The highest BCUT2D eigenvalue weighted by atomic mass is 16.3. The van der Waals surface area contributed by atoms with E-state index in [1.54, 1.807) is 0 Å². The van der Waals surface area contributed by atoms with Gasteiger partial charge in [0.2, 0.25) is 0 Å². The van der Waals surface area contributed by atoms with Gasteiger partial charge in [0.25, 0.3) is 0 Å². The summed E-state index contributed by atoms with van der Waals surface area (Å²) in [6.45, 7) is 9.94. The molecule has 0 amide bonds. The van der Waals surface area contributed by atoms with Crippen molar-refractivity contribution in [3.63, 3.8) is 0 Å². The minimum absolute atomic E-state index is 0.354. The van der Waals surface area contributed by atoms with Crippen LogP contribution >= 0.6 is 0 Å². The average Bonchev–Trinajstić information content (AvgIpc) is 2.26. The van der Waals surface area contributed by atoms with Gasteiger partial charge in [0, 0.05) is 0 Å². The van der Waals surface area contributed by atoms with Gasteiger partial charge in [-0.3, -0.25) is 0 Å². The molecule has 2 atom stereocenters. The molecule has 1 rings (SSSR count). The van der Waals surface area contributed by atoms with Crippen LogP contribution in [0.5, 0.6) is 0 Å². The van der Waals surface area contributed by atoms with Gasteiger partial charge in [-0.2, -0.15) is 0 Å². The lowest BCUT2D eigenvalue weighted by Gasteiger charge is -2.15. The molecule has 0 saturated carbocycles. The van der Waals surface area contributed by atoms with E-state index in [0.29, 0.717) is 5.92 Å². The minimum atomic E-state index is -0.354. The Morgan fingerprint density at radius 2 is 1.81 bits per heavy atom. The van der Waals surface area contributed by atoms with Crippen molar-refractivity contribution in [1.29, 1.82) is 0 Å². The highest BCUT2D eigenvalue weighted by molar-refractivity contribution is 5.24. The molecule has 1 aromatic carbocycles. The maximum atomic E-state index is 9.67. The first-order valence-electron chi connectivity index (χ1n) is 5.90. The van der Waals surface area contributed by atoms with E-state index in [2.05, 4.69) is 44.7 Å². The topological polar surface area (TPSA) is 20.2 Å². The number of aryl methyl sites for hydroxylation is 1. The normalized spacial score (nSPS) is 14.5. The van der Waals surface area contributed by atoms with Gasteiger partial charge in [0.1, 0.15) is 0 Å². The fraction of sp³-hybridized carbons (Fsp3) is 0.467. The fourth-order valence-corrected chi connectivity index (χ4v) is 1.72. The molecular weight excluding hydrogens is 196 g/mol. The summed E-state index contributed by atoms with van der Waals surface area (Å²) in [4.78, 5) is 0. The second-order valence-electron chi connectivity index (χ2n) is 4.75. The molecule has 0 aliphatic heterocycles. The van der Waals surface area contributed by atoms with E-state index in [-0.39, 0.29) is 6.10 Å². The highest BCUT2D eigenvalue weighted by Crippen LogP contribution is 2.22. The zero-order valence-electron chi connectivity index (χ0n) is 10.5. The van der Waals surface area contributed by atoms with Crippen LogP contribution in [0, 0.1) is 6.92 Å². The molecule has 1 N–H and O–H groups in total. The number of benzene rings is 1. The van der Waals surface area contributed by atoms with Crippen LogP contribution in [0.1, 0.15) is 43.7 Å². The van der Waals surface area contributed by atoms with E-state index in [9.17, 15) is 5.11 Å². The fourth-order valence-electron chi connectivity index (χ4n) is 1.72. The SMILES string of the molecule is C=C(C)C(O)CC[C@@H](C)c1ccc(C)cc1. The lowest BCUT2D eigenvalue weighted by Crippen LogP contribution is -2.08. The first-order valence-corrected chi connectivity index (χ1v) is 5.90. The molecule has 16 heavy (non-hydrogen) atoms. The van der Waals surface area contributed by atoms with E-state index < -0.39 is 0 Å². The van der Waals surface area contributed by atoms with Gasteiger partial charge in [-0.05, 0) is 38.2 Å². The molecule has 0 aliphatic carbocycles. The summed E-state index contributed by atoms with van der Waals surface area (Å²) in [6, 6.07) is 8.63. The lowest BCUT2D eigenvalue weighted by molar-refractivity contribution is 0.195. The molecule has 0 aromatic heterocycles. The monoisotopic (exact) mass is 218 g/mol. The van der Waals surface area contributed by atoms with Gasteiger partial charge in [-0.1, -0.05) is 48.9 Å². The van der Waals surface area contributed by atoms with Crippen LogP contribution < -0.4 is 0 Å². The van der Waals surface area contributed by atoms with Crippen molar-refractivity contribution in [2.75, 3.05) is 0 Å². The smallest absolute Gasteiger partial charge is 0.0745 e. The second-order valence-corrected chi connectivity index (χ2v) is 4.75. The number of hydrogen-bond donors (Lipinski definition) is 1. The Balaban J connectivity index is 2.49. The molecule has 0 saturated heterocycles. The Bertz CT molecular complexity index is 337. The van der Waals surface area contributed by atoms with E-state index >= 15 is 0 Å². The van der Waals surface area contributed by atoms with Gasteiger partial charge in [0.05, 0.1) is 6.10 Å². The van der Waals surface area contributed by atoms with Crippen molar-refractivity contribution in [2.24, 2.45) is 0 Å². The molecule has 0 spiro atoms. The third-order valence-corrected chi connectivity index (χ3v) is 3.09. The first kappa shape index (κ1) is 13.0. The van der Waals surface area contributed by atoms with Crippen LogP contribution in [0.4, 0.5) is 0 Å². The largest absolute Gasteiger partial charge is 0.389 e. The molecule has 0 aliphatic rings. The standard InChI is InChI=1S/C15H22O/c1-11(2)15(16)10-7-13(4)14-8-5-12(3)6-9-14/h5-6,8-9,13,15-16H,1,7,10H2,2-4H3/t13-,15?/m1/s1. The molecule has 1 heteroatoms. The van der Waals surface area contributed by atoms with Gasteiger partial charge >= 0.3 is 0 Å². The van der Waals surface area contributed by atoms with Crippen molar-refractivity contribution < 1.29 is 5.11 Å². The summed E-state index contributed by atoms with van der Waals surface area (Å²) in [5.41, 5.74) is 3.49. The minimum Gasteiger partial charge on any atom is -0.389 e. The van der Waals surface area contributed by atoms with Crippen molar-refractivity contribution in [1.82, 2.24) is 0 Å². The Morgan fingerprint density at radius 1 is 1.25 bits per heavy atom. The summed E-state index contributed by atoms with van der Waals surface area (Å²) in [5, 5.41) is 9.67. The van der Waals surface area contributed by atoms with Crippen molar-refractivity contribution in [2.45, 2.75) is 45.6 Å². The predicted octanol–water partition coefficient (Wildman–Crippen LogP) is 3.82. The first-order chi connectivity index (χ1) is 7.50. The van der Waals surface area contributed by atoms with Gasteiger partial charge in [-0.15, -0.1) is 0 Å². The highest BCUT2D eigenvalue weighted by Gasteiger charge is 2.09. The third kappa shape index (κ3) is 3.82. The maximum absolute atomic E-state index is 9.67. The van der Waals surface area contributed by atoms with E-state index in [1.165, 1.54) is 11.1 Å². The molecule has 1 unspecified atom stereocenters. The van der Waals surface area contributed by atoms with Crippen molar-refractivity contribution in [3.05, 3.63) is 47.5 Å². The number of aliphatic hydroxyl groups is 1. The van der Waals surface area contributed by atoms with E-state index in [1.807, 2.05) is 6.92 Å². The number of rotatable bonds is 5. The molecule has 0 bridgehead atoms. The molecule has 0 fully saturated rings. The summed E-state index contributed by atoms with van der Waals surface area (Å²) < 4.78 is 0. The van der Waals surface area contributed by atoms with Gasteiger partial charge in [0.15, 0.2) is 0 Å². The Labute approximate surface area is 98.8 Å². The number of aliphatic hydroxyl groups excluding tert-OH is 1. The zero-order valence-corrected chi connectivity index (χ0v) is 10.5. The average molecular weight is 218 g/mol. The Hall–Kier alpha value is -1.08. The number of hydrogen-bond acceptors (Lipinski definition) is 1. The van der Waals surface area contributed by atoms with Crippen LogP contribution in [0.25, 0.3) is 0 Å². The van der Waals surface area contributed by atoms with Crippen LogP contribution in [0.3, 0.4) is 0 Å². The second kappa shape index (κ2) is 5.86. The zero-order chi connectivity index (χ0) is 12.1. The summed E-state index contributed by atoms with van der Waals surface area (Å²) in [6.07, 6.45) is 1.44. The Morgan fingerprint density at radius 3 is 2.31 bits per heavy atom. The van der Waals surface area contributed by atoms with Gasteiger partial charge in [-0.25, -0.2) is 0 Å².